The third-order valence-corrected chi connectivity index (χ3v) is 10.6. The number of nitrogens with two attached hydrogens (primary N) is 1. The van der Waals surface area contributed by atoms with Crippen molar-refractivity contribution in [3.05, 3.63) is 64.1 Å². The van der Waals surface area contributed by atoms with Crippen LogP contribution in [0.3, 0.4) is 0 Å². The number of nitriles is 1. The lowest BCUT2D eigenvalue weighted by Crippen LogP contribution is -2.59. The summed E-state index contributed by atoms with van der Waals surface area (Å²) in [5.41, 5.74) is 3.23. The Labute approximate surface area is 248 Å². The van der Waals surface area contributed by atoms with Gasteiger partial charge in [0.1, 0.15) is 6.04 Å². The van der Waals surface area contributed by atoms with Gasteiger partial charge in [0.05, 0.1) is 22.5 Å². The van der Waals surface area contributed by atoms with Crippen molar-refractivity contribution in [2.24, 2.45) is 17.1 Å². The SMILES string of the molecule is N#CC1(C(N)=O)CC1N1CC(C(=O)C(NCC(F)(F)F)(c2ccc(Cl)cc2)S(=O)(=O)c2ccccc2Cl)CC1C(=O)O. The van der Waals surface area contributed by atoms with Crippen LogP contribution in [-0.2, 0) is 29.1 Å². The molecule has 10 nitrogen and oxygen atoms in total. The number of alkyl halides is 3. The van der Waals surface area contributed by atoms with Gasteiger partial charge in [0.25, 0.3) is 0 Å². The molecule has 0 radical (unpaired) electrons. The number of rotatable bonds is 10. The van der Waals surface area contributed by atoms with Crippen molar-refractivity contribution < 1.29 is 41.1 Å². The predicted octanol–water partition coefficient (Wildman–Crippen LogP) is 2.88. The normalized spacial score (nSPS) is 25.8. The third-order valence-electron chi connectivity index (χ3n) is 7.62. The first kappa shape index (κ1) is 31.7. The number of likely N-dealkylation sites (tertiary alicyclic amines) is 1. The van der Waals surface area contributed by atoms with Gasteiger partial charge in [-0.05, 0) is 42.7 Å². The summed E-state index contributed by atoms with van der Waals surface area (Å²) in [7, 11) is -5.15. The second-order valence-electron chi connectivity index (χ2n) is 10.1. The number of hydrogen-bond acceptors (Lipinski definition) is 8. The number of hydrogen-bond donors (Lipinski definition) is 3. The zero-order valence-corrected chi connectivity index (χ0v) is 23.8. The van der Waals surface area contributed by atoms with Crippen LogP contribution in [-0.4, -0.2) is 67.4 Å². The molecule has 5 unspecified atom stereocenters. The van der Waals surface area contributed by atoms with E-state index in [1.165, 1.54) is 35.2 Å². The molecule has 2 aliphatic rings. The van der Waals surface area contributed by atoms with E-state index in [1.807, 2.05) is 5.32 Å². The molecule has 224 valence electrons. The molecule has 1 aliphatic carbocycles. The number of aliphatic carboxylic acids is 1. The Balaban J connectivity index is 1.90. The standard InChI is InChI=1S/C26H23Cl2F3N4O6S/c27-16-7-5-15(6-8-16)26(34-13-25(29,30)31,42(40,41)19-4-2-1-3-17(19)28)21(36)14-9-18(22(37)38)35(11-14)20-10-24(20,12-32)23(33)39/h1-8,14,18,20,34H,9-11,13H2,(H2,33,39)(H,37,38). The Morgan fingerprint density at radius 1 is 1.14 bits per heavy atom. The minimum atomic E-state index is -5.15. The third kappa shape index (κ3) is 5.35. The van der Waals surface area contributed by atoms with Crippen LogP contribution >= 0.6 is 23.2 Å². The van der Waals surface area contributed by atoms with Crippen molar-refractivity contribution in [3.8, 4) is 6.07 Å². The quantitative estimate of drug-likeness (QED) is 0.351. The number of Topliss-reactive ketones (excluding diaryl/α,β-unsaturated/α-hetero) is 1. The Kier molecular flexibility index (Phi) is 8.40. The van der Waals surface area contributed by atoms with Crippen molar-refractivity contribution in [1.82, 2.24) is 10.2 Å². The Hall–Kier alpha value is -3.22. The highest BCUT2D eigenvalue weighted by atomic mass is 35.5. The van der Waals surface area contributed by atoms with Gasteiger partial charge in [-0.3, -0.25) is 24.6 Å². The van der Waals surface area contributed by atoms with E-state index in [2.05, 4.69) is 0 Å². The van der Waals surface area contributed by atoms with Crippen molar-refractivity contribution in [2.45, 2.75) is 40.9 Å². The van der Waals surface area contributed by atoms with Gasteiger partial charge in [0.2, 0.25) is 20.6 Å². The molecule has 1 amide bonds. The maximum absolute atomic E-state index is 14.5. The number of nitrogens with zero attached hydrogens (tertiary/aromatic N) is 2. The number of carboxylic acid groups (broad SMARTS) is 1. The molecule has 1 aliphatic heterocycles. The van der Waals surface area contributed by atoms with E-state index in [9.17, 15) is 46.3 Å². The number of benzene rings is 2. The molecule has 16 heteroatoms. The van der Waals surface area contributed by atoms with Crippen LogP contribution in [0.4, 0.5) is 13.2 Å². The van der Waals surface area contributed by atoms with E-state index in [0.717, 1.165) is 18.2 Å². The molecule has 4 rings (SSSR count). The number of primary amides is 1. The van der Waals surface area contributed by atoms with E-state index in [4.69, 9.17) is 28.9 Å². The zero-order chi connectivity index (χ0) is 31.3. The van der Waals surface area contributed by atoms with Gasteiger partial charge in [-0.15, -0.1) is 0 Å². The Bertz CT molecular complexity index is 1580. The first-order valence-corrected chi connectivity index (χ1v) is 14.6. The molecule has 2 aromatic rings. The molecular formula is C26H23Cl2F3N4O6S. The minimum Gasteiger partial charge on any atom is -0.480 e. The van der Waals surface area contributed by atoms with Gasteiger partial charge in [-0.2, -0.15) is 18.4 Å². The van der Waals surface area contributed by atoms with E-state index in [0.29, 0.717) is 0 Å². The minimum absolute atomic E-state index is 0.0945. The number of sulfone groups is 1. The highest BCUT2D eigenvalue weighted by Gasteiger charge is 2.67. The highest BCUT2D eigenvalue weighted by Crippen LogP contribution is 2.52. The van der Waals surface area contributed by atoms with Crippen molar-refractivity contribution in [3.63, 3.8) is 0 Å². The summed E-state index contributed by atoms with van der Waals surface area (Å²) >= 11 is 12.1. The number of carboxylic acids is 1. The molecule has 2 fully saturated rings. The fourth-order valence-electron chi connectivity index (χ4n) is 5.46. The van der Waals surface area contributed by atoms with Crippen LogP contribution in [0, 0.1) is 22.7 Å². The van der Waals surface area contributed by atoms with Gasteiger partial charge < -0.3 is 10.8 Å². The average Bonchev–Trinajstić information content (AvgIpc) is 3.50. The number of carbonyl (C=O) groups is 3. The highest BCUT2D eigenvalue weighted by molar-refractivity contribution is 7.93. The average molecular weight is 647 g/mol. The lowest BCUT2D eigenvalue weighted by atomic mass is 9.90. The maximum Gasteiger partial charge on any atom is 0.401 e. The van der Waals surface area contributed by atoms with Gasteiger partial charge in [0, 0.05) is 23.5 Å². The molecule has 42 heavy (non-hydrogen) atoms. The fraction of sp³-hybridized carbons (Fsp3) is 0.385. The van der Waals surface area contributed by atoms with E-state index >= 15 is 0 Å². The molecule has 4 N–H and O–H groups in total. The molecule has 0 spiro atoms. The van der Waals surface area contributed by atoms with Crippen LogP contribution in [0.1, 0.15) is 18.4 Å². The summed E-state index contributed by atoms with van der Waals surface area (Å²) in [6.45, 7) is -2.40. The first-order chi connectivity index (χ1) is 19.5. The summed E-state index contributed by atoms with van der Waals surface area (Å²) in [6, 6.07) is 8.73. The summed E-state index contributed by atoms with van der Waals surface area (Å²) < 4.78 is 69.6. The van der Waals surface area contributed by atoms with Crippen molar-refractivity contribution in [1.29, 1.82) is 5.26 Å². The molecule has 0 aromatic heterocycles. The topological polar surface area (TPSA) is 171 Å². The first-order valence-electron chi connectivity index (χ1n) is 12.3. The largest absolute Gasteiger partial charge is 0.480 e. The lowest BCUT2D eigenvalue weighted by Gasteiger charge is -2.36. The van der Waals surface area contributed by atoms with E-state index in [1.54, 1.807) is 6.07 Å². The second kappa shape index (κ2) is 11.1. The molecular weight excluding hydrogens is 624 g/mol. The summed E-state index contributed by atoms with van der Waals surface area (Å²) in [5.74, 6) is -5.21. The number of amides is 1. The van der Waals surface area contributed by atoms with E-state index in [-0.39, 0.29) is 16.5 Å². The fourth-order valence-corrected chi connectivity index (χ4v) is 8.08. The van der Waals surface area contributed by atoms with Crippen LogP contribution < -0.4 is 11.1 Å². The lowest BCUT2D eigenvalue weighted by molar-refractivity contribution is -0.142. The van der Waals surface area contributed by atoms with E-state index < -0.39 is 91.9 Å². The summed E-state index contributed by atoms with van der Waals surface area (Å²) in [5, 5.41) is 21.1. The van der Waals surface area contributed by atoms with Crippen molar-refractivity contribution >= 4 is 50.7 Å². The second-order valence-corrected chi connectivity index (χ2v) is 13.0. The van der Waals surface area contributed by atoms with Gasteiger partial charge in [0.15, 0.2) is 11.2 Å². The number of halogens is 5. The molecule has 2 aromatic carbocycles. The molecule has 1 saturated carbocycles. The number of carbonyl (C=O) groups excluding carboxylic acids is 2. The smallest absolute Gasteiger partial charge is 0.401 e. The molecule has 0 bridgehead atoms. The molecule has 5 atom stereocenters. The maximum atomic E-state index is 14.5. The van der Waals surface area contributed by atoms with Crippen LogP contribution in [0.15, 0.2) is 53.4 Å². The zero-order valence-electron chi connectivity index (χ0n) is 21.4. The molecule has 1 heterocycles. The summed E-state index contributed by atoms with van der Waals surface area (Å²) in [6.07, 6.45) is -5.64. The Morgan fingerprint density at radius 2 is 1.76 bits per heavy atom. The van der Waals surface area contributed by atoms with Gasteiger partial charge in [-0.1, -0.05) is 47.5 Å². The van der Waals surface area contributed by atoms with Crippen LogP contribution in [0.5, 0.6) is 0 Å². The van der Waals surface area contributed by atoms with Crippen molar-refractivity contribution in [2.75, 3.05) is 13.1 Å². The van der Waals surface area contributed by atoms with Gasteiger partial charge >= 0.3 is 12.1 Å². The molecule has 1 saturated heterocycles. The predicted molar refractivity (Wildman–Crippen MR) is 143 cm³/mol. The van der Waals surface area contributed by atoms with Crippen LogP contribution in [0.25, 0.3) is 0 Å². The summed E-state index contributed by atoms with van der Waals surface area (Å²) in [4.78, 5) is 36.1. The Morgan fingerprint density at radius 3 is 2.26 bits per heavy atom. The number of nitrogens with one attached hydrogen (secondary N) is 1. The number of ketones is 1. The van der Waals surface area contributed by atoms with Crippen LogP contribution in [0.2, 0.25) is 10.0 Å². The van der Waals surface area contributed by atoms with Gasteiger partial charge in [-0.25, -0.2) is 8.42 Å². The monoisotopic (exact) mass is 646 g/mol.